The van der Waals surface area contributed by atoms with E-state index < -0.39 is 26.9 Å². The molecule has 1 fully saturated rings. The van der Waals surface area contributed by atoms with Crippen LogP contribution in [0.5, 0.6) is 0 Å². The average Bonchev–Trinajstić information content (AvgIpc) is 2.74. The molecule has 1 aliphatic rings. The van der Waals surface area contributed by atoms with Crippen molar-refractivity contribution in [1.29, 1.82) is 0 Å². The molecule has 0 aromatic heterocycles. The summed E-state index contributed by atoms with van der Waals surface area (Å²) in [7, 11) is -2.50. The first-order valence-corrected chi connectivity index (χ1v) is 10.8. The second kappa shape index (κ2) is 8.84. The molecule has 0 saturated carbocycles. The molecule has 0 spiro atoms. The molecule has 0 radical (unpaired) electrons. The van der Waals surface area contributed by atoms with Gasteiger partial charge in [0.05, 0.1) is 29.4 Å². The minimum Gasteiger partial charge on any atom is -0.465 e. The molecular formula is C21H22FNO5S. The highest BCUT2D eigenvalue weighted by Gasteiger charge is 2.34. The van der Waals surface area contributed by atoms with E-state index in [1.54, 1.807) is 12.1 Å². The first-order valence-electron chi connectivity index (χ1n) is 9.25. The lowest BCUT2D eigenvalue weighted by Crippen LogP contribution is -2.41. The number of sulfone groups is 1. The Morgan fingerprint density at radius 2 is 1.69 bits per heavy atom. The third-order valence-electron chi connectivity index (χ3n) is 5.11. The standard InChI is InChI=1S/C21H22FNO5S/c1-28-21(25)18-4-2-3-5-20(18)29(26,27)17-10-12-23(13-11-17)14-19(24)15-6-8-16(22)9-7-15/h2-9,17H,10-14H2,1H3. The van der Waals surface area contributed by atoms with Gasteiger partial charge in [0.15, 0.2) is 15.6 Å². The first-order chi connectivity index (χ1) is 13.8. The number of nitrogens with zero attached hydrogens (tertiary/aromatic N) is 1. The van der Waals surface area contributed by atoms with Gasteiger partial charge < -0.3 is 4.74 Å². The van der Waals surface area contributed by atoms with E-state index >= 15 is 0 Å². The Balaban J connectivity index is 1.67. The van der Waals surface area contributed by atoms with Crippen LogP contribution in [-0.4, -0.2) is 57.1 Å². The minimum atomic E-state index is -3.71. The van der Waals surface area contributed by atoms with E-state index in [4.69, 9.17) is 4.74 Å². The number of esters is 1. The molecule has 0 unspecified atom stereocenters. The zero-order valence-electron chi connectivity index (χ0n) is 16.0. The lowest BCUT2D eigenvalue weighted by molar-refractivity contribution is 0.0596. The molecule has 6 nitrogen and oxygen atoms in total. The Morgan fingerprint density at radius 1 is 1.07 bits per heavy atom. The molecule has 0 N–H and O–H groups in total. The van der Waals surface area contributed by atoms with Gasteiger partial charge in [0.25, 0.3) is 0 Å². The third-order valence-corrected chi connectivity index (χ3v) is 7.42. The molecule has 2 aromatic carbocycles. The van der Waals surface area contributed by atoms with Crippen molar-refractivity contribution < 1.29 is 27.1 Å². The second-order valence-corrected chi connectivity index (χ2v) is 9.13. The van der Waals surface area contributed by atoms with Crippen LogP contribution in [0.4, 0.5) is 4.39 Å². The Morgan fingerprint density at radius 3 is 2.31 bits per heavy atom. The van der Waals surface area contributed by atoms with Gasteiger partial charge in [-0.1, -0.05) is 12.1 Å². The summed E-state index contributed by atoms with van der Waals surface area (Å²) < 4.78 is 43.9. The van der Waals surface area contributed by atoms with Crippen LogP contribution in [-0.2, 0) is 14.6 Å². The van der Waals surface area contributed by atoms with Gasteiger partial charge in [-0.15, -0.1) is 0 Å². The Bertz CT molecular complexity index is 996. The molecule has 154 valence electrons. The van der Waals surface area contributed by atoms with Gasteiger partial charge in [0, 0.05) is 5.56 Å². The van der Waals surface area contributed by atoms with Crippen molar-refractivity contribution in [3.8, 4) is 0 Å². The maximum Gasteiger partial charge on any atom is 0.339 e. The lowest BCUT2D eigenvalue weighted by atomic mass is 10.1. The molecule has 0 atom stereocenters. The number of ketones is 1. The fraction of sp³-hybridized carbons (Fsp3) is 0.333. The number of rotatable bonds is 6. The van der Waals surface area contributed by atoms with Crippen LogP contribution in [0.2, 0.25) is 0 Å². The Kier molecular flexibility index (Phi) is 6.44. The quantitative estimate of drug-likeness (QED) is 0.529. The molecule has 0 amide bonds. The van der Waals surface area contributed by atoms with E-state index in [0.717, 1.165) is 0 Å². The molecule has 8 heteroatoms. The van der Waals surface area contributed by atoms with E-state index in [2.05, 4.69) is 0 Å². The van der Waals surface area contributed by atoms with Crippen molar-refractivity contribution >= 4 is 21.6 Å². The second-order valence-electron chi connectivity index (χ2n) is 6.94. The summed E-state index contributed by atoms with van der Waals surface area (Å²) in [6.07, 6.45) is 0.711. The summed E-state index contributed by atoms with van der Waals surface area (Å²) in [6, 6.07) is 11.4. The third kappa shape index (κ3) is 4.71. The first kappa shape index (κ1) is 21.1. The molecule has 0 aliphatic carbocycles. The number of piperidine rings is 1. The highest BCUT2D eigenvalue weighted by molar-refractivity contribution is 7.92. The molecular weight excluding hydrogens is 397 g/mol. The number of hydrogen-bond donors (Lipinski definition) is 0. The van der Waals surface area contributed by atoms with E-state index in [9.17, 15) is 22.4 Å². The van der Waals surface area contributed by atoms with Crippen molar-refractivity contribution in [2.45, 2.75) is 23.0 Å². The topological polar surface area (TPSA) is 80.8 Å². The van der Waals surface area contributed by atoms with E-state index in [1.807, 2.05) is 4.90 Å². The highest BCUT2D eigenvalue weighted by Crippen LogP contribution is 2.27. The highest BCUT2D eigenvalue weighted by atomic mass is 32.2. The number of carbonyl (C=O) groups is 2. The fourth-order valence-corrected chi connectivity index (χ4v) is 5.40. The van der Waals surface area contributed by atoms with Crippen LogP contribution < -0.4 is 0 Å². The molecule has 1 aliphatic heterocycles. The van der Waals surface area contributed by atoms with Gasteiger partial charge in [-0.05, 0) is 62.3 Å². The summed E-state index contributed by atoms with van der Waals surface area (Å²) in [4.78, 5) is 26.2. The van der Waals surface area contributed by atoms with Crippen molar-refractivity contribution in [2.24, 2.45) is 0 Å². The fourth-order valence-electron chi connectivity index (χ4n) is 3.48. The van der Waals surface area contributed by atoms with Crippen molar-refractivity contribution in [2.75, 3.05) is 26.7 Å². The molecule has 3 rings (SSSR count). The zero-order valence-corrected chi connectivity index (χ0v) is 16.8. The number of ether oxygens (including phenoxy) is 1. The largest absolute Gasteiger partial charge is 0.465 e. The number of likely N-dealkylation sites (tertiary alicyclic amines) is 1. The number of benzene rings is 2. The molecule has 1 heterocycles. The van der Waals surface area contributed by atoms with Crippen LogP contribution in [0.1, 0.15) is 33.6 Å². The summed E-state index contributed by atoms with van der Waals surface area (Å²) >= 11 is 0. The predicted octanol–water partition coefficient (Wildman–Crippen LogP) is 2.73. The van der Waals surface area contributed by atoms with E-state index in [0.29, 0.717) is 31.5 Å². The number of Topliss-reactive ketones (excluding diaryl/α,β-unsaturated/α-hetero) is 1. The molecule has 1 saturated heterocycles. The monoisotopic (exact) mass is 419 g/mol. The number of hydrogen-bond acceptors (Lipinski definition) is 6. The van der Waals surface area contributed by atoms with Gasteiger partial charge in [-0.25, -0.2) is 17.6 Å². The maximum absolute atomic E-state index is 13.1. The minimum absolute atomic E-state index is 0.0207. The number of methoxy groups -OCH3 is 1. The Labute approximate surface area is 169 Å². The van der Waals surface area contributed by atoms with Gasteiger partial charge >= 0.3 is 5.97 Å². The van der Waals surface area contributed by atoms with E-state index in [1.165, 1.54) is 43.5 Å². The lowest BCUT2D eigenvalue weighted by Gasteiger charge is -2.31. The zero-order chi connectivity index (χ0) is 21.0. The molecule has 29 heavy (non-hydrogen) atoms. The van der Waals surface area contributed by atoms with Crippen molar-refractivity contribution in [1.82, 2.24) is 4.90 Å². The van der Waals surface area contributed by atoms with E-state index in [-0.39, 0.29) is 22.8 Å². The van der Waals surface area contributed by atoms with Gasteiger partial charge in [-0.3, -0.25) is 9.69 Å². The summed E-state index contributed by atoms with van der Waals surface area (Å²) in [5.41, 5.74) is 0.456. The normalized spacial score (nSPS) is 15.8. The Hall–Kier alpha value is -2.58. The van der Waals surface area contributed by atoms with Gasteiger partial charge in [0.1, 0.15) is 5.82 Å². The summed E-state index contributed by atoms with van der Waals surface area (Å²) in [5, 5.41) is -0.634. The average molecular weight is 419 g/mol. The predicted molar refractivity (Wildman–Crippen MR) is 105 cm³/mol. The van der Waals surface area contributed by atoms with Crippen LogP contribution in [0.25, 0.3) is 0 Å². The van der Waals surface area contributed by atoms with Gasteiger partial charge in [0.2, 0.25) is 0 Å². The number of halogens is 1. The SMILES string of the molecule is COC(=O)c1ccccc1S(=O)(=O)C1CCN(CC(=O)c2ccc(F)cc2)CC1. The van der Waals surface area contributed by atoms with Crippen molar-refractivity contribution in [3.63, 3.8) is 0 Å². The number of carbonyl (C=O) groups excluding carboxylic acids is 2. The molecule has 2 aromatic rings. The summed E-state index contributed by atoms with van der Waals surface area (Å²) in [5.74, 6) is -1.23. The van der Waals surface area contributed by atoms with Crippen molar-refractivity contribution in [3.05, 3.63) is 65.5 Å². The van der Waals surface area contributed by atoms with Crippen LogP contribution >= 0.6 is 0 Å². The van der Waals surface area contributed by atoms with Crippen LogP contribution in [0, 0.1) is 5.82 Å². The maximum atomic E-state index is 13.1. The van der Waals surface area contributed by atoms with Crippen LogP contribution in [0.15, 0.2) is 53.4 Å². The van der Waals surface area contributed by atoms with Crippen LogP contribution in [0.3, 0.4) is 0 Å². The molecule has 0 bridgehead atoms. The summed E-state index contributed by atoms with van der Waals surface area (Å²) in [6.45, 7) is 1.03. The smallest absolute Gasteiger partial charge is 0.339 e. The van der Waals surface area contributed by atoms with Gasteiger partial charge in [-0.2, -0.15) is 0 Å².